The fraction of sp³-hybridized carbons (Fsp3) is 0.833. The molecule has 0 atom stereocenters. The minimum Gasteiger partial charge on any atom is -0.378 e. The lowest BCUT2D eigenvalue weighted by atomic mass is 10.1. The molecule has 0 fully saturated rings. The molecule has 0 rings (SSSR count). The molecule has 0 bridgehead atoms. The van der Waals surface area contributed by atoms with Crippen molar-refractivity contribution in [3.05, 3.63) is 12.2 Å². The monoisotopic (exact) mass is 230 g/mol. The van der Waals surface area contributed by atoms with Crippen molar-refractivity contribution in [3.8, 4) is 0 Å². The summed E-state index contributed by atoms with van der Waals surface area (Å²) in [6, 6.07) is 0. The lowest BCUT2D eigenvalue weighted by Crippen LogP contribution is -2.12. The SMILES string of the molecule is C=C(CCCCCN)COCCOCCN. The van der Waals surface area contributed by atoms with Crippen LogP contribution in [0.2, 0.25) is 0 Å². The number of hydrogen-bond acceptors (Lipinski definition) is 4. The molecule has 0 saturated heterocycles. The maximum atomic E-state index is 5.41. The lowest BCUT2D eigenvalue weighted by molar-refractivity contribution is 0.0590. The van der Waals surface area contributed by atoms with Gasteiger partial charge in [-0.05, 0) is 25.8 Å². The molecule has 0 amide bonds. The van der Waals surface area contributed by atoms with E-state index in [-0.39, 0.29) is 0 Å². The fourth-order valence-electron chi connectivity index (χ4n) is 1.29. The zero-order valence-corrected chi connectivity index (χ0v) is 10.2. The van der Waals surface area contributed by atoms with Crippen molar-refractivity contribution in [1.29, 1.82) is 0 Å². The van der Waals surface area contributed by atoms with E-state index in [1.54, 1.807) is 0 Å². The van der Waals surface area contributed by atoms with Crippen LogP contribution in [0.5, 0.6) is 0 Å². The van der Waals surface area contributed by atoms with Gasteiger partial charge in [0.1, 0.15) is 0 Å². The highest BCUT2D eigenvalue weighted by Crippen LogP contribution is 2.06. The first-order valence-electron chi connectivity index (χ1n) is 6.03. The predicted octanol–water partition coefficient (Wildman–Crippen LogP) is 1.05. The highest BCUT2D eigenvalue weighted by atomic mass is 16.5. The van der Waals surface area contributed by atoms with E-state index in [1.165, 1.54) is 6.42 Å². The van der Waals surface area contributed by atoms with Crippen LogP contribution in [0.15, 0.2) is 12.2 Å². The number of ether oxygens (including phenoxy) is 2. The van der Waals surface area contributed by atoms with Crippen LogP contribution in [0.4, 0.5) is 0 Å². The van der Waals surface area contributed by atoms with Crippen LogP contribution in [-0.4, -0.2) is 39.5 Å². The van der Waals surface area contributed by atoms with Gasteiger partial charge in [0.05, 0.1) is 26.4 Å². The van der Waals surface area contributed by atoms with Crippen LogP contribution in [0.25, 0.3) is 0 Å². The third kappa shape index (κ3) is 11.7. The van der Waals surface area contributed by atoms with Crippen LogP contribution in [-0.2, 0) is 9.47 Å². The van der Waals surface area contributed by atoms with E-state index in [9.17, 15) is 0 Å². The minimum absolute atomic E-state index is 0.563. The van der Waals surface area contributed by atoms with Crippen LogP contribution in [0.3, 0.4) is 0 Å². The number of nitrogens with two attached hydrogens (primary N) is 2. The van der Waals surface area contributed by atoms with Crippen molar-refractivity contribution in [1.82, 2.24) is 0 Å². The summed E-state index contributed by atoms with van der Waals surface area (Å²) in [4.78, 5) is 0. The molecule has 0 saturated carbocycles. The number of rotatable bonds is 12. The number of unbranched alkanes of at least 4 members (excludes halogenated alkanes) is 2. The van der Waals surface area contributed by atoms with Gasteiger partial charge in [-0.15, -0.1) is 0 Å². The summed E-state index contributed by atoms with van der Waals surface area (Å²) in [7, 11) is 0. The highest BCUT2D eigenvalue weighted by Gasteiger charge is 1.96. The molecule has 0 aromatic carbocycles. The molecule has 0 aromatic heterocycles. The van der Waals surface area contributed by atoms with Gasteiger partial charge in [0.15, 0.2) is 0 Å². The lowest BCUT2D eigenvalue weighted by Gasteiger charge is -2.07. The van der Waals surface area contributed by atoms with Gasteiger partial charge in [0.25, 0.3) is 0 Å². The van der Waals surface area contributed by atoms with E-state index in [0.29, 0.717) is 33.0 Å². The highest BCUT2D eigenvalue weighted by molar-refractivity contribution is 4.93. The molecule has 4 N–H and O–H groups in total. The minimum atomic E-state index is 0.563. The Labute approximate surface area is 99.0 Å². The van der Waals surface area contributed by atoms with Crippen molar-refractivity contribution >= 4 is 0 Å². The Morgan fingerprint density at radius 1 is 0.875 bits per heavy atom. The van der Waals surface area contributed by atoms with Gasteiger partial charge in [0, 0.05) is 6.54 Å². The van der Waals surface area contributed by atoms with Gasteiger partial charge >= 0.3 is 0 Å². The maximum absolute atomic E-state index is 5.41. The molecule has 4 nitrogen and oxygen atoms in total. The third-order valence-corrected chi connectivity index (χ3v) is 2.17. The Morgan fingerprint density at radius 3 is 2.31 bits per heavy atom. The van der Waals surface area contributed by atoms with Gasteiger partial charge in [-0.3, -0.25) is 0 Å². The molecule has 0 aliphatic rings. The summed E-state index contributed by atoms with van der Waals surface area (Å²) in [6.45, 7) is 7.77. The molecule has 96 valence electrons. The van der Waals surface area contributed by atoms with Gasteiger partial charge in [-0.1, -0.05) is 18.6 Å². The predicted molar refractivity (Wildman–Crippen MR) is 67.4 cm³/mol. The Kier molecular flexibility index (Phi) is 12.3. The van der Waals surface area contributed by atoms with Crippen LogP contribution >= 0.6 is 0 Å². The Balaban J connectivity index is 3.11. The molecular weight excluding hydrogens is 204 g/mol. The molecule has 0 aliphatic heterocycles. The van der Waals surface area contributed by atoms with Gasteiger partial charge < -0.3 is 20.9 Å². The standard InChI is InChI=1S/C12H26N2O2/c1-12(5-3-2-4-6-13)11-16-10-9-15-8-7-14/h1-11,13-14H2. The van der Waals surface area contributed by atoms with Gasteiger partial charge in [-0.25, -0.2) is 0 Å². The Hall–Kier alpha value is -0.420. The molecule has 4 heteroatoms. The fourth-order valence-corrected chi connectivity index (χ4v) is 1.29. The van der Waals surface area contributed by atoms with Crippen molar-refractivity contribution in [2.45, 2.75) is 25.7 Å². The third-order valence-electron chi connectivity index (χ3n) is 2.17. The topological polar surface area (TPSA) is 70.5 Å². The average Bonchev–Trinajstić information content (AvgIpc) is 2.29. The van der Waals surface area contributed by atoms with Crippen LogP contribution < -0.4 is 11.5 Å². The normalized spacial score (nSPS) is 10.6. The number of hydrogen-bond donors (Lipinski definition) is 2. The zero-order chi connectivity index (χ0) is 12.1. The van der Waals surface area contributed by atoms with Crippen molar-refractivity contribution in [2.75, 3.05) is 39.5 Å². The molecule has 16 heavy (non-hydrogen) atoms. The molecule has 0 aromatic rings. The van der Waals surface area contributed by atoms with E-state index in [0.717, 1.165) is 31.4 Å². The quantitative estimate of drug-likeness (QED) is 0.388. The summed E-state index contributed by atoms with van der Waals surface area (Å²) in [5.41, 5.74) is 11.8. The summed E-state index contributed by atoms with van der Waals surface area (Å²) in [5, 5.41) is 0. The molecule has 0 unspecified atom stereocenters. The molecular formula is C12H26N2O2. The smallest absolute Gasteiger partial charge is 0.0704 e. The average molecular weight is 230 g/mol. The summed E-state index contributed by atoms with van der Waals surface area (Å²) < 4.78 is 10.6. The molecule has 0 spiro atoms. The van der Waals surface area contributed by atoms with E-state index in [4.69, 9.17) is 20.9 Å². The zero-order valence-electron chi connectivity index (χ0n) is 10.2. The largest absolute Gasteiger partial charge is 0.378 e. The van der Waals surface area contributed by atoms with E-state index < -0.39 is 0 Å². The second kappa shape index (κ2) is 12.6. The van der Waals surface area contributed by atoms with Crippen LogP contribution in [0.1, 0.15) is 25.7 Å². The van der Waals surface area contributed by atoms with Crippen molar-refractivity contribution in [3.63, 3.8) is 0 Å². The second-order valence-corrected chi connectivity index (χ2v) is 3.80. The van der Waals surface area contributed by atoms with E-state index >= 15 is 0 Å². The summed E-state index contributed by atoms with van der Waals surface area (Å²) >= 11 is 0. The first-order chi connectivity index (χ1) is 7.81. The molecule has 0 radical (unpaired) electrons. The van der Waals surface area contributed by atoms with Crippen molar-refractivity contribution in [2.24, 2.45) is 11.5 Å². The van der Waals surface area contributed by atoms with E-state index in [1.807, 2.05) is 0 Å². The summed E-state index contributed by atoms with van der Waals surface area (Å²) in [6.07, 6.45) is 4.46. The maximum Gasteiger partial charge on any atom is 0.0704 e. The first kappa shape index (κ1) is 15.6. The molecule has 0 heterocycles. The molecule has 0 aliphatic carbocycles. The van der Waals surface area contributed by atoms with Crippen molar-refractivity contribution < 1.29 is 9.47 Å². The van der Waals surface area contributed by atoms with Crippen LogP contribution in [0, 0.1) is 0 Å². The van der Waals surface area contributed by atoms with E-state index in [2.05, 4.69) is 6.58 Å². The summed E-state index contributed by atoms with van der Waals surface area (Å²) in [5.74, 6) is 0. The second-order valence-electron chi connectivity index (χ2n) is 3.80. The Bertz CT molecular complexity index is 163. The van der Waals surface area contributed by atoms with Gasteiger partial charge in [-0.2, -0.15) is 0 Å². The van der Waals surface area contributed by atoms with Gasteiger partial charge in [0.2, 0.25) is 0 Å². The first-order valence-corrected chi connectivity index (χ1v) is 6.03. The Morgan fingerprint density at radius 2 is 1.62 bits per heavy atom.